The van der Waals surface area contributed by atoms with Crippen LogP contribution in [0.25, 0.3) is 0 Å². The van der Waals surface area contributed by atoms with Crippen LogP contribution in [0.5, 0.6) is 0 Å². The van der Waals surface area contributed by atoms with Crippen LogP contribution in [0.15, 0.2) is 60.7 Å². The van der Waals surface area contributed by atoms with Crippen molar-refractivity contribution in [1.29, 1.82) is 0 Å². The second-order valence-corrected chi connectivity index (χ2v) is 24.7. The average Bonchev–Trinajstić information content (AvgIpc) is 4.27. The van der Waals surface area contributed by atoms with E-state index in [-0.39, 0.29) is 115 Å². The monoisotopic (exact) mass is 1170 g/mol. The van der Waals surface area contributed by atoms with Crippen molar-refractivity contribution in [3.05, 3.63) is 71.8 Å². The molecule has 464 valence electrons. The molecule has 0 aromatic heterocycles. The summed E-state index contributed by atoms with van der Waals surface area (Å²) in [7, 11) is 0. The van der Waals surface area contributed by atoms with Crippen LogP contribution in [-0.2, 0) is 60.8 Å². The molecule has 5 rings (SSSR count). The first-order chi connectivity index (χ1) is 39.9. The summed E-state index contributed by atoms with van der Waals surface area (Å²) in [5.74, 6) is 3.95. The summed E-state index contributed by atoms with van der Waals surface area (Å²) in [5.41, 5.74) is 13.3. The summed E-state index contributed by atoms with van der Waals surface area (Å²) in [6.45, 7) is 15.0. The highest BCUT2D eigenvalue weighted by atomic mass is 16.2. The van der Waals surface area contributed by atoms with E-state index in [1.165, 1.54) is 9.80 Å². The molecule has 84 heavy (non-hydrogen) atoms. The number of rotatable bonds is 16. The first-order valence-electron chi connectivity index (χ1n) is 30.4. The molecular formula is C62H96N12O10. The van der Waals surface area contributed by atoms with Gasteiger partial charge in [0.15, 0.2) is 11.6 Å². The van der Waals surface area contributed by atoms with Crippen molar-refractivity contribution >= 4 is 58.8 Å². The van der Waals surface area contributed by atoms with Crippen LogP contribution in [0.4, 0.5) is 0 Å². The molecule has 2 aromatic carbocycles. The van der Waals surface area contributed by atoms with Crippen molar-refractivity contribution < 1.29 is 47.9 Å². The maximum absolute atomic E-state index is 15.1. The maximum Gasteiger partial charge on any atom is 0.259 e. The number of fused-ring (bicyclic) bond motifs is 2. The number of benzene rings is 2. The fourth-order valence-electron chi connectivity index (χ4n) is 11.8. The van der Waals surface area contributed by atoms with Crippen molar-refractivity contribution in [3.63, 3.8) is 0 Å². The number of amides is 8. The van der Waals surface area contributed by atoms with Gasteiger partial charge in [-0.05, 0) is 112 Å². The standard InChI is InChI=1S/C62H96N12O10/c1-37(2)31-43-35-52(75)49(24-16-28-64)73(65)59(81)44(39(5)6)36-53(76)48-25-17-29-71(48)62(84)51(34-42-21-13-10-14-22-42)74(66)61(83)46(32-38(3)4)69-56(78)45(23-15-27-63)67-58(80)54(40(7)8)70-57(79)50-26-18-30-72(50)60(82)47(68-55(43)77)33-41-19-11-9-12-20-41/h9-14,19-22,37-40,43-51,54H,15-18,23-36,63-66H2,1-8H3,(H,67,80)(H,68,77)(H,69,78)(H,70,79)/t43-,44+,45+,46+,47-,48+,49+,50+,51-,54+/m1/s1. The minimum absolute atomic E-state index is 0.0371. The number of carbonyl (C=O) groups excluding carboxylic acids is 10. The lowest BCUT2D eigenvalue weighted by Gasteiger charge is -2.36. The van der Waals surface area contributed by atoms with Crippen molar-refractivity contribution in [2.24, 2.45) is 58.7 Å². The predicted octanol–water partition coefficient (Wildman–Crippen LogP) is 2.58. The molecule has 12 N–H and O–H groups in total. The van der Waals surface area contributed by atoms with Crippen LogP contribution < -0.4 is 44.4 Å². The normalized spacial score (nSPS) is 26.7. The van der Waals surface area contributed by atoms with Crippen molar-refractivity contribution in [3.8, 4) is 0 Å². The number of Topliss-reactive ketones (excluding diaryl/α,β-unsaturated/α-hetero) is 2. The summed E-state index contributed by atoms with van der Waals surface area (Å²) >= 11 is 0. The van der Waals surface area contributed by atoms with Crippen LogP contribution in [-0.4, -0.2) is 153 Å². The lowest BCUT2D eigenvalue weighted by atomic mass is 9.85. The van der Waals surface area contributed by atoms with Gasteiger partial charge in [-0.25, -0.2) is 11.7 Å². The topological polar surface area (TPSA) is 336 Å². The third kappa shape index (κ3) is 18.7. The SMILES string of the molecule is CC(C)C[C@@H]1CC(=O)[C@H](CCCN)N(N)C(=O)[C@H](C(C)C)CC(=O)[C@@H]2CCCN2C(=O)[C@@H](Cc2ccccc2)N(N)C(=O)[C@H](CC(C)C)NC(=O)[C@H](CCCN)NC(=O)[C@H](C(C)C)NC(=O)[C@@H]2CCCN2C(=O)[C@@H](Cc2ccccc2)NC1=O. The lowest BCUT2D eigenvalue weighted by Crippen LogP contribution is -2.62. The second kappa shape index (κ2) is 32.6. The number of hydrazine groups is 2. The summed E-state index contributed by atoms with van der Waals surface area (Å²) in [5, 5.41) is 13.1. The molecule has 10 atom stereocenters. The Hall–Kier alpha value is -6.62. The number of hydrogen-bond acceptors (Lipinski definition) is 14. The smallest absolute Gasteiger partial charge is 0.259 e. The van der Waals surface area contributed by atoms with E-state index in [9.17, 15) is 43.2 Å². The Labute approximate surface area is 496 Å². The molecule has 3 aliphatic heterocycles. The molecule has 0 saturated carbocycles. The molecule has 2 aromatic rings. The molecule has 0 bridgehead atoms. The van der Waals surface area contributed by atoms with Crippen LogP contribution in [0.3, 0.4) is 0 Å². The van der Waals surface area contributed by atoms with Gasteiger partial charge >= 0.3 is 0 Å². The van der Waals surface area contributed by atoms with E-state index in [4.69, 9.17) is 23.2 Å². The first kappa shape index (κ1) is 68.2. The number of carbonyl (C=O) groups is 10. The Bertz CT molecular complexity index is 2570. The van der Waals surface area contributed by atoms with Gasteiger partial charge in [-0.1, -0.05) is 116 Å². The van der Waals surface area contributed by atoms with Gasteiger partial charge in [0.05, 0.1) is 6.04 Å². The van der Waals surface area contributed by atoms with E-state index >= 15 is 4.79 Å². The molecule has 8 amide bonds. The molecule has 0 unspecified atom stereocenters. The molecule has 0 spiro atoms. The highest BCUT2D eigenvalue weighted by molar-refractivity contribution is 6.00. The fraction of sp³-hybridized carbons (Fsp3) is 0.645. The Kier molecular flexibility index (Phi) is 26.5. The van der Waals surface area contributed by atoms with Gasteiger partial charge in [0.25, 0.3) is 5.91 Å². The molecule has 3 heterocycles. The second-order valence-electron chi connectivity index (χ2n) is 24.7. The lowest BCUT2D eigenvalue weighted by molar-refractivity contribution is -0.151. The summed E-state index contributed by atoms with van der Waals surface area (Å²) < 4.78 is 0. The predicted molar refractivity (Wildman–Crippen MR) is 319 cm³/mol. The zero-order chi connectivity index (χ0) is 61.9. The van der Waals surface area contributed by atoms with Crippen LogP contribution in [0.2, 0.25) is 0 Å². The minimum Gasteiger partial charge on any atom is -0.344 e. The Balaban J connectivity index is 1.62. The van der Waals surface area contributed by atoms with Crippen LogP contribution >= 0.6 is 0 Å². The van der Waals surface area contributed by atoms with E-state index in [1.54, 1.807) is 70.2 Å². The molecule has 3 fully saturated rings. The largest absolute Gasteiger partial charge is 0.344 e. The number of hydrogen-bond donors (Lipinski definition) is 8. The van der Waals surface area contributed by atoms with Gasteiger partial charge < -0.3 is 42.5 Å². The zero-order valence-corrected chi connectivity index (χ0v) is 50.8. The summed E-state index contributed by atoms with van der Waals surface area (Å²) in [6, 6.07) is 8.29. The van der Waals surface area contributed by atoms with Gasteiger partial charge in [-0.2, -0.15) is 0 Å². The highest BCUT2D eigenvalue weighted by Crippen LogP contribution is 2.29. The molecule has 0 radical (unpaired) electrons. The van der Waals surface area contributed by atoms with Gasteiger partial charge in [-0.15, -0.1) is 0 Å². The Morgan fingerprint density at radius 1 is 0.488 bits per heavy atom. The quantitative estimate of drug-likeness (QED) is 0.0885. The molecule has 3 saturated heterocycles. The molecule has 0 aliphatic carbocycles. The van der Waals surface area contributed by atoms with E-state index in [1.807, 2.05) is 45.9 Å². The highest BCUT2D eigenvalue weighted by Gasteiger charge is 2.45. The summed E-state index contributed by atoms with van der Waals surface area (Å²) in [4.78, 5) is 150. The number of nitrogens with two attached hydrogens (primary N) is 4. The third-order valence-corrected chi connectivity index (χ3v) is 16.4. The van der Waals surface area contributed by atoms with Crippen molar-refractivity contribution in [2.45, 2.75) is 194 Å². The minimum atomic E-state index is -1.37. The maximum atomic E-state index is 15.1. The Morgan fingerprint density at radius 2 is 1.01 bits per heavy atom. The fourth-order valence-corrected chi connectivity index (χ4v) is 11.8. The van der Waals surface area contributed by atoms with Gasteiger partial charge in [0.1, 0.15) is 42.3 Å². The van der Waals surface area contributed by atoms with Crippen molar-refractivity contribution in [1.82, 2.24) is 41.1 Å². The zero-order valence-electron chi connectivity index (χ0n) is 50.8. The molecule has 22 heteroatoms. The third-order valence-electron chi connectivity index (χ3n) is 16.4. The molecular weight excluding hydrogens is 1070 g/mol. The first-order valence-corrected chi connectivity index (χ1v) is 30.4. The van der Waals surface area contributed by atoms with Crippen molar-refractivity contribution in [2.75, 3.05) is 26.2 Å². The van der Waals surface area contributed by atoms with E-state index < -0.39 is 131 Å². The van der Waals surface area contributed by atoms with Gasteiger partial charge in [-0.3, -0.25) is 58.0 Å². The van der Waals surface area contributed by atoms with E-state index in [0.29, 0.717) is 24.0 Å². The number of ketones is 2. The summed E-state index contributed by atoms with van der Waals surface area (Å²) in [6.07, 6.45) is 1.58. The van der Waals surface area contributed by atoms with E-state index in [2.05, 4.69) is 21.3 Å². The van der Waals surface area contributed by atoms with Gasteiger partial charge in [0, 0.05) is 50.6 Å². The Morgan fingerprint density at radius 3 is 1.57 bits per heavy atom. The van der Waals surface area contributed by atoms with E-state index in [0.717, 1.165) is 10.0 Å². The van der Waals surface area contributed by atoms with Gasteiger partial charge in [0.2, 0.25) is 41.4 Å². The molecule has 3 aliphatic rings. The average molecular weight is 1170 g/mol. The molecule has 22 nitrogen and oxygen atoms in total. The number of nitrogens with zero attached hydrogens (tertiary/aromatic N) is 4. The van der Waals surface area contributed by atoms with Crippen LogP contribution in [0.1, 0.15) is 144 Å². The van der Waals surface area contributed by atoms with Crippen LogP contribution in [0, 0.1) is 35.5 Å². The number of nitrogens with one attached hydrogen (secondary N) is 4.